The largest absolute Gasteiger partial charge is 0.478 e. The van der Waals surface area contributed by atoms with Gasteiger partial charge >= 0.3 is 5.97 Å². The molecule has 0 unspecified atom stereocenters. The molecule has 15 heavy (non-hydrogen) atoms. The Morgan fingerprint density at radius 3 is 2.60 bits per heavy atom. The van der Waals surface area contributed by atoms with Crippen LogP contribution in [0.25, 0.3) is 6.08 Å². The lowest BCUT2D eigenvalue weighted by Gasteiger charge is -2.04. The highest BCUT2D eigenvalue weighted by atomic mass is 79.9. The molecule has 1 aromatic rings. The SMILES string of the molecule is CCc1cc(C=C(Br)Br)ccc1C(=O)O. The van der Waals surface area contributed by atoms with E-state index in [1.165, 1.54) is 0 Å². The van der Waals surface area contributed by atoms with E-state index in [4.69, 9.17) is 5.11 Å². The highest BCUT2D eigenvalue weighted by Gasteiger charge is 2.08. The predicted octanol–water partition coefficient (Wildman–Crippen LogP) is 4.04. The van der Waals surface area contributed by atoms with Crippen LogP contribution < -0.4 is 0 Å². The second-order valence-corrected chi connectivity index (χ2v) is 5.78. The summed E-state index contributed by atoms with van der Waals surface area (Å²) in [6, 6.07) is 5.30. The van der Waals surface area contributed by atoms with Gasteiger partial charge in [-0.1, -0.05) is 19.1 Å². The van der Waals surface area contributed by atoms with E-state index in [1.807, 2.05) is 19.1 Å². The highest BCUT2D eigenvalue weighted by molar-refractivity contribution is 9.28. The highest BCUT2D eigenvalue weighted by Crippen LogP contribution is 2.20. The van der Waals surface area contributed by atoms with Crippen LogP contribution >= 0.6 is 31.9 Å². The van der Waals surface area contributed by atoms with E-state index in [9.17, 15) is 4.79 Å². The number of halogens is 2. The summed E-state index contributed by atoms with van der Waals surface area (Å²) in [6.07, 6.45) is 2.59. The fraction of sp³-hybridized carbons (Fsp3) is 0.182. The first-order chi connectivity index (χ1) is 7.04. The maximum atomic E-state index is 10.9. The van der Waals surface area contributed by atoms with Gasteiger partial charge in [-0.2, -0.15) is 0 Å². The van der Waals surface area contributed by atoms with Crippen LogP contribution in [0.15, 0.2) is 21.6 Å². The van der Waals surface area contributed by atoms with Gasteiger partial charge in [0.2, 0.25) is 0 Å². The van der Waals surface area contributed by atoms with Crippen molar-refractivity contribution in [1.29, 1.82) is 0 Å². The summed E-state index contributed by atoms with van der Waals surface area (Å²) < 4.78 is 0.833. The molecule has 0 aliphatic heterocycles. The Kier molecular flexibility index (Phi) is 4.54. The fourth-order valence-electron chi connectivity index (χ4n) is 1.33. The molecular weight excluding hydrogens is 324 g/mol. The zero-order valence-electron chi connectivity index (χ0n) is 8.13. The van der Waals surface area contributed by atoms with E-state index >= 15 is 0 Å². The molecule has 1 N–H and O–H groups in total. The van der Waals surface area contributed by atoms with Crippen LogP contribution in [0.4, 0.5) is 0 Å². The van der Waals surface area contributed by atoms with Crippen molar-refractivity contribution < 1.29 is 9.90 Å². The van der Waals surface area contributed by atoms with E-state index in [2.05, 4.69) is 31.9 Å². The molecule has 80 valence electrons. The third kappa shape index (κ3) is 3.47. The molecule has 4 heteroatoms. The number of rotatable bonds is 3. The molecule has 1 aromatic carbocycles. The number of hydrogen-bond acceptors (Lipinski definition) is 1. The number of carboxylic acid groups (broad SMARTS) is 1. The molecular formula is C11H10Br2O2. The summed E-state index contributed by atoms with van der Waals surface area (Å²) in [5.41, 5.74) is 2.19. The number of benzene rings is 1. The van der Waals surface area contributed by atoms with Gasteiger partial charge in [0.05, 0.1) is 8.96 Å². The van der Waals surface area contributed by atoms with Gasteiger partial charge in [0.25, 0.3) is 0 Å². The Hall–Kier alpha value is -0.610. The van der Waals surface area contributed by atoms with Crippen LogP contribution in [0.1, 0.15) is 28.4 Å². The van der Waals surface area contributed by atoms with Crippen molar-refractivity contribution in [2.75, 3.05) is 0 Å². The summed E-state index contributed by atoms with van der Waals surface area (Å²) in [4.78, 5) is 10.9. The molecule has 0 amide bonds. The van der Waals surface area contributed by atoms with Crippen molar-refractivity contribution in [1.82, 2.24) is 0 Å². The van der Waals surface area contributed by atoms with Crippen molar-refractivity contribution in [2.45, 2.75) is 13.3 Å². The third-order valence-corrected chi connectivity index (χ3v) is 2.47. The topological polar surface area (TPSA) is 37.3 Å². The zero-order chi connectivity index (χ0) is 11.4. The van der Waals surface area contributed by atoms with Crippen LogP contribution in [-0.2, 0) is 6.42 Å². The lowest BCUT2D eigenvalue weighted by Crippen LogP contribution is -2.01. The first-order valence-electron chi connectivity index (χ1n) is 4.43. The van der Waals surface area contributed by atoms with Crippen molar-refractivity contribution in [3.8, 4) is 0 Å². The smallest absolute Gasteiger partial charge is 0.335 e. The monoisotopic (exact) mass is 332 g/mol. The fourth-order valence-corrected chi connectivity index (χ4v) is 1.86. The van der Waals surface area contributed by atoms with Crippen LogP contribution in [-0.4, -0.2) is 11.1 Å². The molecule has 0 saturated heterocycles. The molecule has 0 bridgehead atoms. The van der Waals surface area contributed by atoms with Gasteiger partial charge < -0.3 is 5.11 Å². The summed E-state index contributed by atoms with van der Waals surface area (Å²) in [5, 5.41) is 8.94. The Bertz CT molecular complexity index is 407. The van der Waals surface area contributed by atoms with Gasteiger partial charge in [-0.25, -0.2) is 4.79 Å². The molecule has 0 spiro atoms. The normalized spacial score (nSPS) is 9.80. The van der Waals surface area contributed by atoms with Crippen molar-refractivity contribution in [2.24, 2.45) is 0 Å². The van der Waals surface area contributed by atoms with Gasteiger partial charge in [0.1, 0.15) is 0 Å². The molecule has 0 saturated carbocycles. The average Bonchev–Trinajstić information content (AvgIpc) is 2.16. The van der Waals surface area contributed by atoms with E-state index < -0.39 is 5.97 Å². The molecule has 0 aliphatic rings. The third-order valence-electron chi connectivity index (χ3n) is 2.02. The van der Waals surface area contributed by atoms with Crippen molar-refractivity contribution in [3.63, 3.8) is 0 Å². The number of aromatic carboxylic acids is 1. The number of carbonyl (C=O) groups is 1. The number of carboxylic acids is 1. The maximum absolute atomic E-state index is 10.9. The molecule has 1 rings (SSSR count). The second kappa shape index (κ2) is 5.47. The minimum atomic E-state index is -0.875. The second-order valence-electron chi connectivity index (χ2n) is 3.01. The van der Waals surface area contributed by atoms with E-state index in [0.717, 1.165) is 14.5 Å². The van der Waals surface area contributed by atoms with Gasteiger partial charge in [-0.15, -0.1) is 0 Å². The van der Waals surface area contributed by atoms with Gasteiger partial charge in [-0.3, -0.25) is 0 Å². The van der Waals surface area contributed by atoms with Crippen LogP contribution in [0.2, 0.25) is 0 Å². The maximum Gasteiger partial charge on any atom is 0.335 e. The summed E-state index contributed by atoms with van der Waals surface area (Å²) in [7, 11) is 0. The van der Waals surface area contributed by atoms with E-state index in [1.54, 1.807) is 12.1 Å². The Morgan fingerprint density at radius 1 is 1.47 bits per heavy atom. The van der Waals surface area contributed by atoms with Crippen molar-refractivity contribution in [3.05, 3.63) is 38.3 Å². The molecule has 0 aliphatic carbocycles. The first-order valence-corrected chi connectivity index (χ1v) is 6.02. The quantitative estimate of drug-likeness (QED) is 0.906. The van der Waals surface area contributed by atoms with E-state index in [-0.39, 0.29) is 0 Å². The lowest BCUT2D eigenvalue weighted by molar-refractivity contribution is 0.0696. The molecule has 0 atom stereocenters. The Labute approximate surface area is 105 Å². The summed E-state index contributed by atoms with van der Waals surface area (Å²) >= 11 is 6.53. The van der Waals surface area contributed by atoms with Crippen LogP contribution in [0, 0.1) is 0 Å². The van der Waals surface area contributed by atoms with Gasteiger partial charge in [-0.05, 0) is 61.5 Å². The predicted molar refractivity (Wildman–Crippen MR) is 68.6 cm³/mol. The number of aryl methyl sites for hydroxylation is 1. The van der Waals surface area contributed by atoms with Crippen LogP contribution in [0.5, 0.6) is 0 Å². The molecule has 0 fully saturated rings. The van der Waals surface area contributed by atoms with E-state index in [0.29, 0.717) is 12.0 Å². The molecule has 0 aromatic heterocycles. The zero-order valence-corrected chi connectivity index (χ0v) is 11.3. The summed E-state index contributed by atoms with van der Waals surface area (Å²) in [5.74, 6) is -0.875. The molecule has 2 nitrogen and oxygen atoms in total. The first kappa shape index (κ1) is 12.5. The standard InChI is InChI=1S/C11H10Br2O2/c1-2-8-5-7(6-10(12)13)3-4-9(8)11(14)15/h3-6H,2H2,1H3,(H,14,15). The van der Waals surface area contributed by atoms with Crippen molar-refractivity contribution >= 4 is 43.9 Å². The lowest BCUT2D eigenvalue weighted by atomic mass is 10.0. The number of hydrogen-bond donors (Lipinski definition) is 1. The minimum absolute atomic E-state index is 0.375. The van der Waals surface area contributed by atoms with Gasteiger partial charge in [0.15, 0.2) is 0 Å². The Morgan fingerprint density at radius 2 is 2.13 bits per heavy atom. The molecule has 0 radical (unpaired) electrons. The minimum Gasteiger partial charge on any atom is -0.478 e. The average molecular weight is 334 g/mol. The summed E-state index contributed by atoms with van der Waals surface area (Å²) in [6.45, 7) is 1.94. The molecule has 0 heterocycles. The Balaban J connectivity index is 3.19. The van der Waals surface area contributed by atoms with Gasteiger partial charge in [0, 0.05) is 0 Å². The van der Waals surface area contributed by atoms with Crippen LogP contribution in [0.3, 0.4) is 0 Å².